The molecule has 0 saturated carbocycles. The number of thiophene rings is 1. The highest BCUT2D eigenvalue weighted by Crippen LogP contribution is 2.42. The fraction of sp³-hybridized carbons (Fsp3) is 0.294. The van der Waals surface area contributed by atoms with Gasteiger partial charge < -0.3 is 10.5 Å². The number of primary amides is 1. The number of rotatable bonds is 2. The molecule has 5 nitrogen and oxygen atoms in total. The Hall–Kier alpha value is -1.86. The Bertz CT molecular complexity index is 816. The van der Waals surface area contributed by atoms with E-state index in [4.69, 9.17) is 15.9 Å². The maximum absolute atomic E-state index is 11.7. The molecule has 2 amide bonds. The molecule has 0 unspecified atom stereocenters. The Morgan fingerprint density at radius 2 is 2.17 bits per heavy atom. The topological polar surface area (TPSA) is 79.4 Å². The van der Waals surface area contributed by atoms with Gasteiger partial charge in [-0.3, -0.25) is 10.3 Å². The highest BCUT2D eigenvalue weighted by molar-refractivity contribution is 9.10. The van der Waals surface area contributed by atoms with Crippen molar-refractivity contribution in [2.24, 2.45) is 5.73 Å². The number of hydrogen-bond acceptors (Lipinski definition) is 4. The summed E-state index contributed by atoms with van der Waals surface area (Å²) in [6.07, 6.45) is 0.768. The van der Waals surface area contributed by atoms with E-state index in [1.54, 1.807) is 0 Å². The van der Waals surface area contributed by atoms with E-state index in [0.29, 0.717) is 6.61 Å². The second kappa shape index (κ2) is 6.57. The first-order valence-corrected chi connectivity index (χ1v) is 9.22. The molecule has 1 aliphatic heterocycles. The molecule has 0 radical (unpaired) electrons. The summed E-state index contributed by atoms with van der Waals surface area (Å²) in [7, 11) is 0. The summed E-state index contributed by atoms with van der Waals surface area (Å²) in [6, 6.07) is 7.16. The number of nitrogens with two attached hydrogens (primary N) is 1. The van der Waals surface area contributed by atoms with Crippen LogP contribution in [0.25, 0.3) is 10.4 Å². The first-order valence-electron chi connectivity index (χ1n) is 7.61. The summed E-state index contributed by atoms with van der Waals surface area (Å²) >= 11 is 4.97. The molecule has 2 heterocycles. The van der Waals surface area contributed by atoms with Crippen molar-refractivity contribution in [3.05, 3.63) is 39.2 Å². The third-order valence-corrected chi connectivity index (χ3v) is 5.56. The Labute approximate surface area is 153 Å². The van der Waals surface area contributed by atoms with E-state index in [0.717, 1.165) is 37.5 Å². The maximum atomic E-state index is 11.7. The predicted molar refractivity (Wildman–Crippen MR) is 100 cm³/mol. The van der Waals surface area contributed by atoms with Crippen LogP contribution in [0.2, 0.25) is 0 Å². The number of amidine groups is 1. The molecule has 0 fully saturated rings. The average molecular weight is 408 g/mol. The maximum Gasteiger partial charge on any atom is 0.320 e. The van der Waals surface area contributed by atoms with Gasteiger partial charge in [-0.1, -0.05) is 15.9 Å². The number of ether oxygens (including phenoxy) is 1. The van der Waals surface area contributed by atoms with Crippen LogP contribution in [0.5, 0.6) is 5.75 Å². The minimum atomic E-state index is -0.605. The number of nitrogens with zero attached hydrogens (tertiary/aromatic N) is 1. The second-order valence-electron chi connectivity index (χ2n) is 5.85. The van der Waals surface area contributed by atoms with E-state index < -0.39 is 6.03 Å². The Kier molecular flexibility index (Phi) is 4.64. The molecule has 0 aliphatic carbocycles. The zero-order valence-electron chi connectivity index (χ0n) is 13.4. The van der Waals surface area contributed by atoms with Crippen molar-refractivity contribution >= 4 is 39.1 Å². The molecule has 1 aromatic carbocycles. The highest BCUT2D eigenvalue weighted by atomic mass is 79.9. The van der Waals surface area contributed by atoms with Crippen LogP contribution in [0, 0.1) is 5.41 Å². The number of nitrogens with one attached hydrogen (secondary N) is 1. The lowest BCUT2D eigenvalue weighted by Gasteiger charge is -2.24. The van der Waals surface area contributed by atoms with Gasteiger partial charge >= 0.3 is 6.03 Å². The number of fused-ring (bicyclic) bond motifs is 3. The molecule has 2 aromatic rings. The van der Waals surface area contributed by atoms with Gasteiger partial charge in [0, 0.05) is 27.4 Å². The summed E-state index contributed by atoms with van der Waals surface area (Å²) in [5.74, 6) is 0.980. The smallest absolute Gasteiger partial charge is 0.320 e. The SMILES string of the molecule is CC(C)N(C(=N)c1cc2c(s1)-c1ccc(Br)cc1OCC2)C(N)=O. The first kappa shape index (κ1) is 17.0. The summed E-state index contributed by atoms with van der Waals surface area (Å²) < 4.78 is 6.80. The number of benzene rings is 1. The minimum Gasteiger partial charge on any atom is -0.493 e. The van der Waals surface area contributed by atoms with Crippen molar-refractivity contribution in [2.45, 2.75) is 26.3 Å². The van der Waals surface area contributed by atoms with Crippen LogP contribution in [-0.2, 0) is 6.42 Å². The number of urea groups is 1. The zero-order chi connectivity index (χ0) is 17.4. The van der Waals surface area contributed by atoms with E-state index in [9.17, 15) is 4.79 Å². The fourth-order valence-corrected chi connectivity index (χ4v) is 4.30. The van der Waals surface area contributed by atoms with Gasteiger partial charge in [-0.05, 0) is 43.7 Å². The fourth-order valence-electron chi connectivity index (χ4n) is 2.77. The van der Waals surface area contributed by atoms with Gasteiger partial charge in [0.15, 0.2) is 0 Å². The first-order chi connectivity index (χ1) is 11.4. The van der Waals surface area contributed by atoms with Crippen LogP contribution in [0.1, 0.15) is 24.3 Å². The van der Waals surface area contributed by atoms with Crippen LogP contribution in [0.15, 0.2) is 28.7 Å². The zero-order valence-corrected chi connectivity index (χ0v) is 15.8. The van der Waals surface area contributed by atoms with E-state index in [2.05, 4.69) is 15.9 Å². The van der Waals surface area contributed by atoms with Crippen molar-refractivity contribution in [1.82, 2.24) is 4.90 Å². The van der Waals surface area contributed by atoms with Gasteiger partial charge in [0.25, 0.3) is 0 Å². The third kappa shape index (κ3) is 3.06. The number of amides is 2. The number of hydrogen-bond donors (Lipinski definition) is 2. The minimum absolute atomic E-state index is 0.148. The quantitative estimate of drug-likeness (QED) is 0.576. The van der Waals surface area contributed by atoms with Crippen LogP contribution in [0.3, 0.4) is 0 Å². The summed E-state index contributed by atoms with van der Waals surface area (Å²) in [5.41, 5.74) is 7.59. The Morgan fingerprint density at radius 3 is 2.83 bits per heavy atom. The van der Waals surface area contributed by atoms with Crippen molar-refractivity contribution < 1.29 is 9.53 Å². The summed E-state index contributed by atoms with van der Waals surface area (Å²) in [6.45, 7) is 4.28. The lowest BCUT2D eigenvalue weighted by atomic mass is 10.1. The lowest BCUT2D eigenvalue weighted by Crippen LogP contribution is -2.44. The third-order valence-electron chi connectivity index (χ3n) is 3.85. The molecule has 7 heteroatoms. The van der Waals surface area contributed by atoms with E-state index in [1.807, 2.05) is 38.1 Å². The molecular weight excluding hydrogens is 390 g/mol. The average Bonchev–Trinajstić information content (AvgIpc) is 2.83. The van der Waals surface area contributed by atoms with Crippen molar-refractivity contribution in [3.8, 4) is 16.2 Å². The number of carbonyl (C=O) groups excluding carboxylic acids is 1. The van der Waals surface area contributed by atoms with Gasteiger partial charge in [-0.15, -0.1) is 11.3 Å². The molecule has 126 valence electrons. The van der Waals surface area contributed by atoms with Crippen molar-refractivity contribution in [3.63, 3.8) is 0 Å². The van der Waals surface area contributed by atoms with Crippen LogP contribution < -0.4 is 10.5 Å². The number of carbonyl (C=O) groups is 1. The molecule has 1 aromatic heterocycles. The molecule has 0 atom stereocenters. The predicted octanol–water partition coefficient (Wildman–Crippen LogP) is 4.23. The molecule has 0 spiro atoms. The van der Waals surface area contributed by atoms with Gasteiger partial charge in [0.1, 0.15) is 11.6 Å². The van der Waals surface area contributed by atoms with Gasteiger partial charge in [0.05, 0.1) is 11.5 Å². The highest BCUT2D eigenvalue weighted by Gasteiger charge is 2.25. The second-order valence-corrected chi connectivity index (χ2v) is 7.82. The molecule has 3 N–H and O–H groups in total. The molecule has 24 heavy (non-hydrogen) atoms. The lowest BCUT2D eigenvalue weighted by molar-refractivity contribution is 0.222. The molecule has 0 saturated heterocycles. The largest absolute Gasteiger partial charge is 0.493 e. The van der Waals surface area contributed by atoms with E-state index >= 15 is 0 Å². The van der Waals surface area contributed by atoms with Gasteiger partial charge in [-0.2, -0.15) is 0 Å². The van der Waals surface area contributed by atoms with Crippen LogP contribution >= 0.6 is 27.3 Å². The van der Waals surface area contributed by atoms with Crippen molar-refractivity contribution in [2.75, 3.05) is 6.61 Å². The Morgan fingerprint density at radius 1 is 1.42 bits per heavy atom. The van der Waals surface area contributed by atoms with Crippen LogP contribution in [0.4, 0.5) is 4.79 Å². The summed E-state index contributed by atoms with van der Waals surface area (Å²) in [5, 5.41) is 8.40. The van der Waals surface area contributed by atoms with Gasteiger partial charge in [0.2, 0.25) is 0 Å². The van der Waals surface area contributed by atoms with E-state index in [-0.39, 0.29) is 11.9 Å². The van der Waals surface area contributed by atoms with E-state index in [1.165, 1.54) is 16.2 Å². The van der Waals surface area contributed by atoms with Crippen LogP contribution in [-0.4, -0.2) is 29.4 Å². The molecule has 3 rings (SSSR count). The molecule has 1 aliphatic rings. The molecule has 0 bridgehead atoms. The summed E-state index contributed by atoms with van der Waals surface area (Å²) in [4.78, 5) is 14.8. The standard InChI is InChI=1S/C17H18BrN3O2S/c1-9(2)21(17(20)22)16(19)14-7-10-5-6-23-13-8-11(18)3-4-12(13)15(10)24-14/h3-4,7-9,19H,5-6H2,1-2H3,(H2,20,22). The van der Waals surface area contributed by atoms with Crippen molar-refractivity contribution in [1.29, 1.82) is 5.41 Å². The Balaban J connectivity index is 2.05. The molecular formula is C17H18BrN3O2S. The number of halogens is 1. The monoisotopic (exact) mass is 407 g/mol. The van der Waals surface area contributed by atoms with Gasteiger partial charge in [-0.25, -0.2) is 4.79 Å². The normalized spacial score (nSPS) is 12.8.